The average Bonchev–Trinajstić information content (AvgIpc) is 3.09. The number of aromatic nitrogens is 3. The zero-order valence-electron chi connectivity index (χ0n) is 16.3. The van der Waals surface area contributed by atoms with Crippen molar-refractivity contribution in [2.24, 2.45) is 0 Å². The number of hydrogen-bond acceptors (Lipinski definition) is 4. The van der Waals surface area contributed by atoms with Crippen molar-refractivity contribution in [1.29, 1.82) is 0 Å². The van der Waals surface area contributed by atoms with E-state index in [2.05, 4.69) is 10.3 Å². The van der Waals surface area contributed by atoms with Gasteiger partial charge in [-0.2, -0.15) is 13.2 Å². The van der Waals surface area contributed by atoms with Crippen molar-refractivity contribution in [3.8, 4) is 5.75 Å². The Labute approximate surface area is 171 Å². The van der Waals surface area contributed by atoms with Gasteiger partial charge in [0.05, 0.1) is 12.6 Å². The van der Waals surface area contributed by atoms with Gasteiger partial charge in [-0.25, -0.2) is 4.68 Å². The van der Waals surface area contributed by atoms with Gasteiger partial charge in [-0.1, -0.05) is 35.9 Å². The van der Waals surface area contributed by atoms with Gasteiger partial charge in [-0.3, -0.25) is 0 Å². The highest BCUT2D eigenvalue weighted by molar-refractivity contribution is 6.31. The first-order valence-corrected chi connectivity index (χ1v) is 9.36. The molecule has 0 saturated carbocycles. The third-order valence-corrected chi connectivity index (χ3v) is 5.46. The van der Waals surface area contributed by atoms with Crippen molar-refractivity contribution < 1.29 is 23.0 Å². The van der Waals surface area contributed by atoms with Gasteiger partial charge in [0.1, 0.15) is 11.3 Å². The smallest absolute Gasteiger partial charge is 0.422 e. The van der Waals surface area contributed by atoms with Gasteiger partial charge in [0.15, 0.2) is 5.60 Å². The molecule has 0 spiro atoms. The summed E-state index contributed by atoms with van der Waals surface area (Å²) in [6.07, 6.45) is -4.96. The number of benzene rings is 2. The van der Waals surface area contributed by atoms with E-state index in [1.165, 1.54) is 55.1 Å². The summed E-state index contributed by atoms with van der Waals surface area (Å²) in [5, 5.41) is 19.1. The number of ether oxygens (including phenoxy) is 1. The number of methoxy groups -OCH3 is 1. The molecule has 5 nitrogen and oxygen atoms in total. The van der Waals surface area contributed by atoms with Crippen LogP contribution in [-0.4, -0.2) is 33.4 Å². The molecule has 3 rings (SSSR count). The number of rotatable bonds is 5. The topological polar surface area (TPSA) is 60.2 Å². The maximum absolute atomic E-state index is 14.2. The number of alkyl halides is 3. The molecule has 0 aliphatic heterocycles. The summed E-state index contributed by atoms with van der Waals surface area (Å²) >= 11 is 6.21. The van der Waals surface area contributed by atoms with E-state index in [9.17, 15) is 18.3 Å². The Morgan fingerprint density at radius 3 is 2.34 bits per heavy atom. The molecule has 0 radical (unpaired) electrons. The molecule has 2 atom stereocenters. The average molecular weight is 428 g/mol. The van der Waals surface area contributed by atoms with Gasteiger partial charge in [-0.15, -0.1) is 5.10 Å². The van der Waals surface area contributed by atoms with E-state index in [0.29, 0.717) is 16.8 Å². The zero-order chi connectivity index (χ0) is 21.6. The summed E-state index contributed by atoms with van der Waals surface area (Å²) in [6, 6.07) is 8.19. The molecule has 0 amide bonds. The summed E-state index contributed by atoms with van der Waals surface area (Å²) in [5.41, 5.74) is -2.47. The molecule has 0 aliphatic rings. The molecule has 9 heteroatoms. The fourth-order valence-corrected chi connectivity index (χ4v) is 3.76. The number of aliphatic hydroxyl groups is 1. The lowest BCUT2D eigenvalue weighted by Gasteiger charge is -2.37. The highest BCUT2D eigenvalue weighted by Gasteiger charge is 2.59. The summed E-state index contributed by atoms with van der Waals surface area (Å²) in [5.74, 6) is -0.975. The second kappa shape index (κ2) is 7.50. The van der Waals surface area contributed by atoms with Crippen molar-refractivity contribution >= 4 is 22.6 Å². The van der Waals surface area contributed by atoms with E-state index in [1.807, 2.05) is 13.8 Å². The van der Waals surface area contributed by atoms with Crippen LogP contribution in [0, 0.1) is 0 Å². The van der Waals surface area contributed by atoms with E-state index in [4.69, 9.17) is 16.3 Å². The van der Waals surface area contributed by atoms with Crippen LogP contribution < -0.4 is 4.74 Å². The Bertz CT molecular complexity index is 1040. The van der Waals surface area contributed by atoms with E-state index in [1.54, 1.807) is 0 Å². The van der Waals surface area contributed by atoms with E-state index in [-0.39, 0.29) is 22.2 Å². The van der Waals surface area contributed by atoms with Crippen molar-refractivity contribution in [3.63, 3.8) is 0 Å². The van der Waals surface area contributed by atoms with Gasteiger partial charge >= 0.3 is 6.18 Å². The third kappa shape index (κ3) is 3.55. The van der Waals surface area contributed by atoms with E-state index in [0.717, 1.165) is 0 Å². The van der Waals surface area contributed by atoms with E-state index < -0.39 is 17.7 Å². The molecule has 156 valence electrons. The zero-order valence-corrected chi connectivity index (χ0v) is 17.1. The Balaban J connectivity index is 2.19. The molecular weight excluding hydrogens is 407 g/mol. The summed E-state index contributed by atoms with van der Waals surface area (Å²) in [4.78, 5) is 0. The first kappa shape index (κ1) is 21.4. The van der Waals surface area contributed by atoms with Crippen molar-refractivity contribution in [2.75, 3.05) is 7.11 Å². The van der Waals surface area contributed by atoms with Gasteiger partial charge < -0.3 is 9.84 Å². The van der Waals surface area contributed by atoms with Crippen LogP contribution in [0.15, 0.2) is 36.4 Å². The quantitative estimate of drug-likeness (QED) is 0.605. The minimum absolute atomic E-state index is 0.0782. The highest BCUT2D eigenvalue weighted by atomic mass is 35.5. The number of fused-ring (bicyclic) bond motifs is 1. The maximum Gasteiger partial charge on any atom is 0.422 e. The molecular formula is C20H21ClF3N3O2. The van der Waals surface area contributed by atoms with Crippen LogP contribution in [0.2, 0.25) is 5.02 Å². The fourth-order valence-electron chi connectivity index (χ4n) is 3.42. The van der Waals surface area contributed by atoms with Crippen molar-refractivity contribution in [1.82, 2.24) is 15.0 Å². The minimum atomic E-state index is -4.96. The van der Waals surface area contributed by atoms with Crippen LogP contribution in [0.5, 0.6) is 5.75 Å². The predicted octanol–water partition coefficient (Wildman–Crippen LogP) is 5.23. The van der Waals surface area contributed by atoms with Crippen molar-refractivity contribution in [3.05, 3.63) is 52.5 Å². The fraction of sp³-hybridized carbons (Fsp3) is 0.400. The van der Waals surface area contributed by atoms with Crippen LogP contribution in [0.1, 0.15) is 43.9 Å². The summed E-state index contributed by atoms with van der Waals surface area (Å²) < 4.78 is 49.3. The third-order valence-electron chi connectivity index (χ3n) is 5.13. The number of nitrogens with zero attached hydrogens (tertiary/aromatic N) is 3. The predicted molar refractivity (Wildman–Crippen MR) is 104 cm³/mol. The SMILES string of the molecule is COc1ccc(C(C)C(O)(c2ccc3nnn(C(C)C)c3c2)C(F)(F)F)c(Cl)c1. The Kier molecular flexibility index (Phi) is 5.53. The molecule has 0 saturated heterocycles. The summed E-state index contributed by atoms with van der Waals surface area (Å²) in [6.45, 7) is 4.98. The Morgan fingerprint density at radius 1 is 1.10 bits per heavy atom. The van der Waals surface area contributed by atoms with Crippen LogP contribution in [0.3, 0.4) is 0 Å². The van der Waals surface area contributed by atoms with Crippen LogP contribution in [0.4, 0.5) is 13.2 Å². The molecule has 29 heavy (non-hydrogen) atoms. The minimum Gasteiger partial charge on any atom is -0.497 e. The molecule has 2 unspecified atom stereocenters. The first-order chi connectivity index (χ1) is 13.5. The molecule has 0 bridgehead atoms. The van der Waals surface area contributed by atoms with Crippen LogP contribution in [0.25, 0.3) is 11.0 Å². The first-order valence-electron chi connectivity index (χ1n) is 8.98. The second-order valence-electron chi connectivity index (χ2n) is 7.20. The Morgan fingerprint density at radius 2 is 1.79 bits per heavy atom. The highest BCUT2D eigenvalue weighted by Crippen LogP contribution is 2.50. The van der Waals surface area contributed by atoms with Gasteiger partial charge in [0.25, 0.3) is 0 Å². The monoisotopic (exact) mass is 427 g/mol. The largest absolute Gasteiger partial charge is 0.497 e. The summed E-state index contributed by atoms with van der Waals surface area (Å²) in [7, 11) is 1.43. The van der Waals surface area contributed by atoms with E-state index >= 15 is 0 Å². The van der Waals surface area contributed by atoms with Gasteiger partial charge in [0.2, 0.25) is 0 Å². The second-order valence-corrected chi connectivity index (χ2v) is 7.61. The van der Waals surface area contributed by atoms with Crippen molar-refractivity contribution in [2.45, 2.75) is 44.5 Å². The van der Waals surface area contributed by atoms with Crippen LogP contribution >= 0.6 is 11.6 Å². The number of hydrogen-bond donors (Lipinski definition) is 1. The van der Waals surface area contributed by atoms with Crippen LogP contribution in [-0.2, 0) is 5.60 Å². The molecule has 0 aliphatic carbocycles. The Hall–Kier alpha value is -2.32. The molecule has 2 aromatic carbocycles. The van der Waals surface area contributed by atoms with Gasteiger partial charge in [0, 0.05) is 17.0 Å². The molecule has 1 aromatic heterocycles. The number of halogens is 4. The standard InChI is InChI=1S/C20H21ClF3N3O2/c1-11(2)27-18-9-13(5-8-17(18)25-26-27)19(28,20(22,23)24)12(3)15-7-6-14(29-4)10-16(15)21/h5-12,28H,1-4H3. The normalized spacial score (nSPS) is 15.5. The lowest BCUT2D eigenvalue weighted by Crippen LogP contribution is -2.46. The lowest BCUT2D eigenvalue weighted by atomic mass is 9.77. The molecule has 3 aromatic rings. The van der Waals surface area contributed by atoms with Gasteiger partial charge in [-0.05, 0) is 49.2 Å². The molecule has 0 fully saturated rings. The molecule has 1 heterocycles. The molecule has 1 N–H and O–H groups in total. The maximum atomic E-state index is 14.2. The lowest BCUT2D eigenvalue weighted by molar-refractivity contribution is -0.274.